The summed E-state index contributed by atoms with van der Waals surface area (Å²) in [5, 5.41) is 10.1. The monoisotopic (exact) mass is 281 g/mol. The number of hydrogen-bond donors (Lipinski definition) is 1. The number of phenolic OH excluding ortho intramolecular Hbond substituents is 1. The fourth-order valence-corrected chi connectivity index (χ4v) is 2.64. The number of aromatic hydroxyl groups is 1. The molecule has 0 aliphatic carbocycles. The van der Waals surface area contributed by atoms with E-state index in [4.69, 9.17) is 0 Å². The van der Waals surface area contributed by atoms with Crippen molar-refractivity contribution in [1.29, 1.82) is 0 Å². The number of hydrogen-bond acceptors (Lipinski definition) is 4. The summed E-state index contributed by atoms with van der Waals surface area (Å²) >= 11 is 0. The molecule has 3 rings (SSSR count). The van der Waals surface area contributed by atoms with E-state index in [1.54, 1.807) is 18.3 Å². The van der Waals surface area contributed by atoms with E-state index in [0.29, 0.717) is 11.1 Å². The summed E-state index contributed by atoms with van der Waals surface area (Å²) in [6.45, 7) is 2.01. The Balaban J connectivity index is 2.24. The summed E-state index contributed by atoms with van der Waals surface area (Å²) in [7, 11) is 1.90. The van der Waals surface area contributed by atoms with Gasteiger partial charge in [-0.1, -0.05) is 6.92 Å². The fourth-order valence-electron chi connectivity index (χ4n) is 2.64. The van der Waals surface area contributed by atoms with Crippen LogP contribution >= 0.6 is 0 Å². The highest BCUT2D eigenvalue weighted by Gasteiger charge is 2.22. The van der Waals surface area contributed by atoms with Gasteiger partial charge in [0.05, 0.1) is 5.56 Å². The Hall–Kier alpha value is -2.69. The molecule has 0 atom stereocenters. The third kappa shape index (κ3) is 2.07. The van der Waals surface area contributed by atoms with Crippen molar-refractivity contribution < 1.29 is 9.90 Å². The molecule has 2 heterocycles. The second-order valence-electron chi connectivity index (χ2n) is 4.87. The number of benzene rings is 1. The van der Waals surface area contributed by atoms with E-state index < -0.39 is 0 Å². The van der Waals surface area contributed by atoms with Gasteiger partial charge in [-0.2, -0.15) is 0 Å². The Morgan fingerprint density at radius 3 is 2.67 bits per heavy atom. The van der Waals surface area contributed by atoms with Crippen LogP contribution in [0.15, 0.2) is 36.8 Å². The lowest BCUT2D eigenvalue weighted by Crippen LogP contribution is -2.05. The van der Waals surface area contributed by atoms with Crippen molar-refractivity contribution in [2.45, 2.75) is 13.3 Å². The summed E-state index contributed by atoms with van der Waals surface area (Å²) < 4.78 is 1.94. The summed E-state index contributed by atoms with van der Waals surface area (Å²) in [4.78, 5) is 21.1. The van der Waals surface area contributed by atoms with E-state index in [2.05, 4.69) is 9.97 Å². The molecule has 0 unspecified atom stereocenters. The van der Waals surface area contributed by atoms with Crippen LogP contribution in [-0.4, -0.2) is 25.4 Å². The van der Waals surface area contributed by atoms with Gasteiger partial charge in [0.2, 0.25) is 0 Å². The van der Waals surface area contributed by atoms with Crippen molar-refractivity contribution in [3.63, 3.8) is 0 Å². The smallest absolute Gasteiger partial charge is 0.195 e. The first-order chi connectivity index (χ1) is 10.1. The average molecular weight is 281 g/mol. The quantitative estimate of drug-likeness (QED) is 0.749. The Morgan fingerprint density at radius 1 is 1.29 bits per heavy atom. The number of phenols is 1. The van der Waals surface area contributed by atoms with Crippen molar-refractivity contribution in [2.24, 2.45) is 7.05 Å². The fraction of sp³-hybridized carbons (Fsp3) is 0.188. The normalized spacial score (nSPS) is 11.0. The molecule has 21 heavy (non-hydrogen) atoms. The molecule has 0 spiro atoms. The van der Waals surface area contributed by atoms with Crippen molar-refractivity contribution in [1.82, 2.24) is 14.5 Å². The van der Waals surface area contributed by atoms with Crippen molar-refractivity contribution in [2.75, 3.05) is 0 Å². The summed E-state index contributed by atoms with van der Waals surface area (Å²) in [6, 6.07) is 6.28. The first-order valence-corrected chi connectivity index (χ1v) is 6.74. The van der Waals surface area contributed by atoms with Gasteiger partial charge in [0, 0.05) is 29.9 Å². The van der Waals surface area contributed by atoms with Gasteiger partial charge in [-0.15, -0.1) is 0 Å². The van der Waals surface area contributed by atoms with Crippen LogP contribution in [0.5, 0.6) is 5.75 Å². The van der Waals surface area contributed by atoms with Gasteiger partial charge < -0.3 is 9.67 Å². The van der Waals surface area contributed by atoms with Crippen LogP contribution < -0.4 is 0 Å². The van der Waals surface area contributed by atoms with Crippen LogP contribution in [0.2, 0.25) is 0 Å². The SMILES string of the molecule is CCc1c(C(=O)c2ccc(O)cc2)c2cncnc2n1C. The lowest BCUT2D eigenvalue weighted by Gasteiger charge is -2.05. The molecule has 0 aliphatic rings. The van der Waals surface area contributed by atoms with E-state index >= 15 is 0 Å². The van der Waals surface area contributed by atoms with Crippen LogP contribution in [0.4, 0.5) is 0 Å². The molecule has 0 fully saturated rings. The van der Waals surface area contributed by atoms with Gasteiger partial charge in [-0.3, -0.25) is 4.79 Å². The predicted octanol–water partition coefficient (Wildman–Crippen LogP) is 2.47. The maximum atomic E-state index is 12.8. The van der Waals surface area contributed by atoms with E-state index in [-0.39, 0.29) is 11.5 Å². The highest BCUT2D eigenvalue weighted by Crippen LogP contribution is 2.26. The number of aromatic nitrogens is 3. The molecule has 0 aliphatic heterocycles. The molecule has 0 amide bonds. The molecular formula is C16H15N3O2. The number of fused-ring (bicyclic) bond motifs is 1. The van der Waals surface area contributed by atoms with E-state index in [1.165, 1.54) is 18.5 Å². The number of ketones is 1. The molecule has 0 radical (unpaired) electrons. The third-order valence-corrected chi connectivity index (χ3v) is 3.66. The van der Waals surface area contributed by atoms with Crippen molar-refractivity contribution >= 4 is 16.8 Å². The van der Waals surface area contributed by atoms with E-state index in [1.807, 2.05) is 18.5 Å². The number of aryl methyl sites for hydroxylation is 1. The minimum absolute atomic E-state index is 0.0766. The molecule has 0 bridgehead atoms. The van der Waals surface area contributed by atoms with Gasteiger partial charge in [-0.25, -0.2) is 9.97 Å². The molecule has 5 heteroatoms. The highest BCUT2D eigenvalue weighted by atomic mass is 16.3. The average Bonchev–Trinajstić information content (AvgIpc) is 2.80. The van der Waals surface area contributed by atoms with Crippen LogP contribution in [0, 0.1) is 0 Å². The second kappa shape index (κ2) is 5.01. The largest absolute Gasteiger partial charge is 0.508 e. The Morgan fingerprint density at radius 2 is 2.00 bits per heavy atom. The first-order valence-electron chi connectivity index (χ1n) is 6.74. The van der Waals surface area contributed by atoms with Crippen LogP contribution in [0.25, 0.3) is 11.0 Å². The van der Waals surface area contributed by atoms with E-state index in [9.17, 15) is 9.90 Å². The molecule has 1 aromatic carbocycles. The van der Waals surface area contributed by atoms with Crippen LogP contribution in [-0.2, 0) is 13.5 Å². The summed E-state index contributed by atoms with van der Waals surface area (Å²) in [5.74, 6) is 0.0655. The molecule has 0 saturated carbocycles. The molecule has 3 aromatic rings. The summed E-state index contributed by atoms with van der Waals surface area (Å²) in [5.41, 5.74) is 2.87. The van der Waals surface area contributed by atoms with Gasteiger partial charge in [-0.05, 0) is 30.7 Å². The molecule has 106 valence electrons. The van der Waals surface area contributed by atoms with Gasteiger partial charge in [0.25, 0.3) is 0 Å². The molecule has 2 aromatic heterocycles. The minimum Gasteiger partial charge on any atom is -0.508 e. The second-order valence-corrected chi connectivity index (χ2v) is 4.87. The zero-order valence-electron chi connectivity index (χ0n) is 11.9. The van der Waals surface area contributed by atoms with Gasteiger partial charge in [0.1, 0.15) is 17.7 Å². The number of carbonyl (C=O) groups excluding carboxylic acids is 1. The topological polar surface area (TPSA) is 68.0 Å². The van der Waals surface area contributed by atoms with Crippen molar-refractivity contribution in [3.8, 4) is 5.75 Å². The summed E-state index contributed by atoms with van der Waals surface area (Å²) in [6.07, 6.45) is 3.89. The highest BCUT2D eigenvalue weighted by molar-refractivity contribution is 6.17. The molecule has 0 saturated heterocycles. The Kier molecular flexibility index (Phi) is 3.17. The predicted molar refractivity (Wildman–Crippen MR) is 79.4 cm³/mol. The number of rotatable bonds is 3. The maximum Gasteiger partial charge on any atom is 0.195 e. The zero-order chi connectivity index (χ0) is 15.0. The number of carbonyl (C=O) groups is 1. The lowest BCUT2D eigenvalue weighted by atomic mass is 10.0. The Labute approximate surface area is 121 Å². The number of nitrogens with zero attached hydrogens (tertiary/aromatic N) is 3. The maximum absolute atomic E-state index is 12.8. The lowest BCUT2D eigenvalue weighted by molar-refractivity contribution is 0.103. The van der Waals surface area contributed by atoms with Crippen LogP contribution in [0.1, 0.15) is 28.5 Å². The van der Waals surface area contributed by atoms with Crippen LogP contribution in [0.3, 0.4) is 0 Å². The van der Waals surface area contributed by atoms with Crippen molar-refractivity contribution in [3.05, 3.63) is 53.6 Å². The molecular weight excluding hydrogens is 266 g/mol. The first kappa shape index (κ1) is 13.3. The Bertz CT molecular complexity index is 819. The zero-order valence-corrected chi connectivity index (χ0v) is 11.9. The minimum atomic E-state index is -0.0766. The molecule has 5 nitrogen and oxygen atoms in total. The standard InChI is InChI=1S/C16H15N3O2/c1-3-13-14(12-8-17-9-18-16(12)19(13)2)15(21)10-4-6-11(20)7-5-10/h4-9,20H,3H2,1-2H3. The van der Waals surface area contributed by atoms with Gasteiger partial charge >= 0.3 is 0 Å². The third-order valence-electron chi connectivity index (χ3n) is 3.66. The van der Waals surface area contributed by atoms with Gasteiger partial charge in [0.15, 0.2) is 5.78 Å². The van der Waals surface area contributed by atoms with E-state index in [0.717, 1.165) is 23.1 Å². The molecule has 1 N–H and O–H groups in total.